The molecule has 3 heterocycles. The van der Waals surface area contributed by atoms with Gasteiger partial charge in [-0.25, -0.2) is 8.42 Å². The van der Waals surface area contributed by atoms with E-state index in [0.717, 1.165) is 34.1 Å². The predicted octanol–water partition coefficient (Wildman–Crippen LogP) is 5.10. The van der Waals surface area contributed by atoms with Crippen molar-refractivity contribution in [1.82, 2.24) is 14.8 Å². The summed E-state index contributed by atoms with van der Waals surface area (Å²) in [6.07, 6.45) is 1.83. The SMILES string of the molecule is CC(C)(C)OC(=O)CN(c1ccc2c(ccn2-c2ccc(N3CCOCC3)nn2)c1)S(=O)(=O)c1cc(Cl)cc(Cl)c1. The van der Waals surface area contributed by atoms with Crippen molar-refractivity contribution < 1.29 is 22.7 Å². The number of sulfonamides is 1. The maximum absolute atomic E-state index is 13.8. The minimum absolute atomic E-state index is 0.146. The molecule has 1 fully saturated rings. The fourth-order valence-corrected chi connectivity index (χ4v) is 6.63. The molecule has 0 amide bonds. The lowest BCUT2D eigenvalue weighted by Gasteiger charge is -2.27. The first-order chi connectivity index (χ1) is 19.4. The van der Waals surface area contributed by atoms with Gasteiger partial charge in [-0.15, -0.1) is 10.2 Å². The van der Waals surface area contributed by atoms with Gasteiger partial charge in [-0.05, 0) is 75.4 Å². The number of nitrogens with zero attached hydrogens (tertiary/aromatic N) is 5. The van der Waals surface area contributed by atoms with E-state index in [2.05, 4.69) is 15.1 Å². The molecule has 0 saturated carbocycles. The van der Waals surface area contributed by atoms with Crippen LogP contribution in [0.5, 0.6) is 0 Å². The number of fused-ring (bicyclic) bond motifs is 1. The van der Waals surface area contributed by atoms with Gasteiger partial charge in [0.25, 0.3) is 10.0 Å². The highest BCUT2D eigenvalue weighted by Gasteiger charge is 2.30. The maximum atomic E-state index is 13.8. The summed E-state index contributed by atoms with van der Waals surface area (Å²) in [4.78, 5) is 14.8. The van der Waals surface area contributed by atoms with E-state index in [1.165, 1.54) is 18.2 Å². The molecule has 0 bridgehead atoms. The highest BCUT2D eigenvalue weighted by atomic mass is 35.5. The molecule has 2 aromatic heterocycles. The zero-order valence-electron chi connectivity index (χ0n) is 22.8. The van der Waals surface area contributed by atoms with Crippen LogP contribution in [0.15, 0.2) is 65.7 Å². The third kappa shape index (κ3) is 6.59. The number of hydrogen-bond acceptors (Lipinski definition) is 8. The molecule has 4 aromatic rings. The number of hydrogen-bond donors (Lipinski definition) is 0. The third-order valence-corrected chi connectivity index (χ3v) is 8.48. The van der Waals surface area contributed by atoms with Crippen LogP contribution in [-0.2, 0) is 24.3 Å². The minimum atomic E-state index is -4.26. The Labute approximate surface area is 248 Å². The van der Waals surface area contributed by atoms with Crippen molar-refractivity contribution in [3.63, 3.8) is 0 Å². The standard InChI is InChI=1S/C28H29Cl2N5O5S/c1-28(2,3)40-27(36)18-35(41(37,38)23-16-20(29)15-21(30)17-23)22-4-5-24-19(14-22)8-9-34(24)26-7-6-25(31-32-26)33-10-12-39-13-11-33/h4-9,14-17H,10-13,18H2,1-3H3. The number of esters is 1. The molecule has 1 saturated heterocycles. The molecule has 216 valence electrons. The average Bonchev–Trinajstić information content (AvgIpc) is 3.34. The van der Waals surface area contributed by atoms with Crippen LogP contribution < -0.4 is 9.21 Å². The summed E-state index contributed by atoms with van der Waals surface area (Å²) in [6.45, 7) is 7.41. The number of halogens is 2. The van der Waals surface area contributed by atoms with E-state index in [4.69, 9.17) is 32.7 Å². The van der Waals surface area contributed by atoms with E-state index in [9.17, 15) is 13.2 Å². The monoisotopic (exact) mass is 617 g/mol. The Morgan fingerprint density at radius 3 is 2.27 bits per heavy atom. The van der Waals surface area contributed by atoms with Gasteiger partial charge in [0.2, 0.25) is 0 Å². The van der Waals surface area contributed by atoms with E-state index in [1.807, 2.05) is 29.0 Å². The predicted molar refractivity (Wildman–Crippen MR) is 159 cm³/mol. The Morgan fingerprint density at radius 1 is 0.976 bits per heavy atom. The first-order valence-corrected chi connectivity index (χ1v) is 15.1. The Morgan fingerprint density at radius 2 is 1.63 bits per heavy atom. The van der Waals surface area contributed by atoms with Gasteiger partial charge in [-0.3, -0.25) is 13.7 Å². The van der Waals surface area contributed by atoms with Crippen molar-refractivity contribution in [2.45, 2.75) is 31.3 Å². The Kier molecular flexibility index (Phi) is 8.15. The number of ether oxygens (including phenoxy) is 2. The van der Waals surface area contributed by atoms with Crippen LogP contribution in [0.2, 0.25) is 10.0 Å². The molecular formula is C28H29Cl2N5O5S. The molecule has 1 aliphatic rings. The van der Waals surface area contributed by atoms with Crippen molar-refractivity contribution in [3.8, 4) is 5.82 Å². The van der Waals surface area contributed by atoms with Gasteiger partial charge in [-0.1, -0.05) is 23.2 Å². The highest BCUT2D eigenvalue weighted by molar-refractivity contribution is 7.92. The van der Waals surface area contributed by atoms with E-state index in [1.54, 1.807) is 39.0 Å². The molecule has 0 aliphatic carbocycles. The second-order valence-electron chi connectivity index (χ2n) is 10.5. The first-order valence-electron chi connectivity index (χ1n) is 12.9. The zero-order valence-corrected chi connectivity index (χ0v) is 25.1. The summed E-state index contributed by atoms with van der Waals surface area (Å²) >= 11 is 12.2. The lowest BCUT2D eigenvalue weighted by Crippen LogP contribution is -2.39. The lowest BCUT2D eigenvalue weighted by molar-refractivity contribution is -0.152. The van der Waals surface area contributed by atoms with Crippen LogP contribution in [-0.4, -0.2) is 67.6 Å². The van der Waals surface area contributed by atoms with Crippen LogP contribution >= 0.6 is 23.2 Å². The minimum Gasteiger partial charge on any atom is -0.459 e. The number of aromatic nitrogens is 3. The number of benzene rings is 2. The van der Waals surface area contributed by atoms with Crippen LogP contribution in [0.25, 0.3) is 16.7 Å². The van der Waals surface area contributed by atoms with Gasteiger partial charge < -0.3 is 14.4 Å². The smallest absolute Gasteiger partial charge is 0.327 e. The second kappa shape index (κ2) is 11.5. The number of anilines is 2. The normalized spacial score (nSPS) is 14.3. The van der Waals surface area contributed by atoms with E-state index >= 15 is 0 Å². The maximum Gasteiger partial charge on any atom is 0.327 e. The Balaban J connectivity index is 1.50. The second-order valence-corrected chi connectivity index (χ2v) is 13.2. The van der Waals surface area contributed by atoms with Gasteiger partial charge in [0.05, 0.1) is 29.3 Å². The van der Waals surface area contributed by atoms with E-state index < -0.39 is 28.1 Å². The quantitative estimate of drug-likeness (QED) is 0.264. The number of carbonyl (C=O) groups is 1. The van der Waals surface area contributed by atoms with Gasteiger partial charge in [0, 0.05) is 34.7 Å². The summed E-state index contributed by atoms with van der Waals surface area (Å²) in [5.74, 6) is 0.680. The molecule has 5 rings (SSSR count). The van der Waals surface area contributed by atoms with Crippen molar-refractivity contribution in [1.29, 1.82) is 0 Å². The molecule has 41 heavy (non-hydrogen) atoms. The molecule has 0 spiro atoms. The molecule has 10 nitrogen and oxygen atoms in total. The van der Waals surface area contributed by atoms with Gasteiger partial charge in [0.1, 0.15) is 12.1 Å². The fraction of sp³-hybridized carbons (Fsp3) is 0.321. The molecule has 13 heteroatoms. The average molecular weight is 619 g/mol. The molecule has 0 unspecified atom stereocenters. The van der Waals surface area contributed by atoms with Crippen LogP contribution in [0.3, 0.4) is 0 Å². The van der Waals surface area contributed by atoms with Gasteiger partial charge in [-0.2, -0.15) is 0 Å². The summed E-state index contributed by atoms with van der Waals surface area (Å²) in [7, 11) is -4.26. The van der Waals surface area contributed by atoms with Crippen LogP contribution in [0.1, 0.15) is 20.8 Å². The summed E-state index contributed by atoms with van der Waals surface area (Å²) < 4.78 is 41.4. The first kappa shape index (κ1) is 29.1. The molecule has 0 radical (unpaired) electrons. The topological polar surface area (TPSA) is 107 Å². The Bertz CT molecular complexity index is 1660. The largest absolute Gasteiger partial charge is 0.459 e. The third-order valence-electron chi connectivity index (χ3n) is 6.30. The Hall–Kier alpha value is -3.38. The summed E-state index contributed by atoms with van der Waals surface area (Å²) in [6, 6.07) is 14.7. The van der Waals surface area contributed by atoms with Crippen molar-refractivity contribution in [2.24, 2.45) is 0 Å². The molecule has 1 aliphatic heterocycles. The summed E-state index contributed by atoms with van der Waals surface area (Å²) in [5, 5.41) is 9.84. The zero-order chi connectivity index (χ0) is 29.4. The molecule has 0 atom stereocenters. The number of rotatable bonds is 7. The number of morpholine rings is 1. The van der Waals surface area contributed by atoms with E-state index in [0.29, 0.717) is 19.0 Å². The van der Waals surface area contributed by atoms with Crippen LogP contribution in [0, 0.1) is 0 Å². The lowest BCUT2D eigenvalue weighted by atomic mass is 10.2. The van der Waals surface area contributed by atoms with Gasteiger partial charge in [0.15, 0.2) is 11.6 Å². The molecule has 0 N–H and O–H groups in total. The highest BCUT2D eigenvalue weighted by Crippen LogP contribution is 2.31. The number of carbonyl (C=O) groups excluding carboxylic acids is 1. The van der Waals surface area contributed by atoms with Crippen molar-refractivity contribution in [2.75, 3.05) is 42.1 Å². The molecular weight excluding hydrogens is 589 g/mol. The molecule has 2 aromatic carbocycles. The fourth-order valence-electron chi connectivity index (χ4n) is 4.50. The van der Waals surface area contributed by atoms with Gasteiger partial charge >= 0.3 is 5.97 Å². The van der Waals surface area contributed by atoms with Crippen LogP contribution in [0.4, 0.5) is 11.5 Å². The summed E-state index contributed by atoms with van der Waals surface area (Å²) in [5.41, 5.74) is 0.249. The van der Waals surface area contributed by atoms with E-state index in [-0.39, 0.29) is 20.6 Å². The van der Waals surface area contributed by atoms with Crippen molar-refractivity contribution in [3.05, 3.63) is 70.8 Å². The van der Waals surface area contributed by atoms with Crippen molar-refractivity contribution >= 4 is 61.6 Å².